The van der Waals surface area contributed by atoms with Crippen LogP contribution in [0, 0.1) is 0 Å². The predicted molar refractivity (Wildman–Crippen MR) is 237 cm³/mol. The maximum absolute atomic E-state index is 3.89. The molecule has 1 N–H and O–H groups in total. The minimum absolute atomic E-state index is 0.0536. The minimum atomic E-state index is -0.0536. The number of rotatable bonds is 4. The van der Waals surface area contributed by atoms with Crippen molar-refractivity contribution in [2.24, 2.45) is 0 Å². The van der Waals surface area contributed by atoms with Crippen LogP contribution in [0.2, 0.25) is 0 Å². The van der Waals surface area contributed by atoms with Crippen molar-refractivity contribution in [2.45, 2.75) is 19.3 Å². The Bertz CT molecular complexity index is 3240. The molecule has 0 fully saturated rings. The van der Waals surface area contributed by atoms with Gasteiger partial charge in [-0.25, -0.2) is 0 Å². The summed E-state index contributed by atoms with van der Waals surface area (Å²) >= 11 is 1.88. The van der Waals surface area contributed by atoms with Crippen LogP contribution in [-0.4, -0.2) is 11.8 Å². The summed E-state index contributed by atoms with van der Waals surface area (Å²) < 4.78 is 5.12. The Labute approximate surface area is 324 Å². The van der Waals surface area contributed by atoms with E-state index in [-0.39, 0.29) is 5.41 Å². The fraction of sp³-hybridized carbons (Fsp3) is 0.0588. The molecular formula is C51H34BN2S. The van der Waals surface area contributed by atoms with Gasteiger partial charge in [-0.15, -0.1) is 11.3 Å². The molecule has 4 heteroatoms. The first-order valence-electron chi connectivity index (χ1n) is 19.1. The molecule has 0 atom stereocenters. The van der Waals surface area contributed by atoms with Gasteiger partial charge in [-0.3, -0.25) is 0 Å². The number of anilines is 2. The number of thiophene rings is 1. The molecule has 1 aliphatic carbocycles. The highest BCUT2D eigenvalue weighted by Crippen LogP contribution is 2.51. The number of nitrogens with zero attached hydrogens (tertiary/aromatic N) is 1. The molecule has 0 saturated carbocycles. The number of fused-ring (bicyclic) bond motifs is 11. The molecule has 2 nitrogen and oxygen atoms in total. The zero-order valence-electron chi connectivity index (χ0n) is 30.5. The first-order chi connectivity index (χ1) is 27.0. The van der Waals surface area contributed by atoms with Gasteiger partial charge in [0.25, 0.3) is 0 Å². The van der Waals surface area contributed by atoms with Gasteiger partial charge >= 0.3 is 0 Å². The number of nitrogens with one attached hydrogen (secondary N) is 1. The van der Waals surface area contributed by atoms with Crippen LogP contribution in [0.1, 0.15) is 25.0 Å². The maximum Gasteiger partial charge on any atom is 0.197 e. The third kappa shape index (κ3) is 4.37. The van der Waals surface area contributed by atoms with Crippen molar-refractivity contribution in [3.05, 3.63) is 175 Å². The molecule has 55 heavy (non-hydrogen) atoms. The molecule has 3 heterocycles. The topological polar surface area (TPSA) is 17.0 Å². The molecule has 1 radical (unpaired) electrons. The Morgan fingerprint density at radius 3 is 2.20 bits per heavy atom. The number of benzene rings is 8. The SMILES string of the molecule is CC1(C)c2ccccc2-c2cc(-c3cc(-c4cc5sc6ccccc6c5cc4Nc4ccccc4)c4c5c3c3ccccc3n5-c3ccccc3[B]4)ccc21. The van der Waals surface area contributed by atoms with Crippen LogP contribution >= 0.6 is 11.3 Å². The van der Waals surface area contributed by atoms with Gasteiger partial charge < -0.3 is 9.88 Å². The van der Waals surface area contributed by atoms with Crippen LogP contribution < -0.4 is 16.2 Å². The number of aromatic nitrogens is 1. The first-order valence-corrected chi connectivity index (χ1v) is 19.9. The normalized spacial score (nSPS) is 13.6. The number of para-hydroxylation sites is 3. The molecule has 8 aromatic carbocycles. The Kier molecular flexibility index (Phi) is 6.40. The second-order valence-corrected chi connectivity index (χ2v) is 16.7. The van der Waals surface area contributed by atoms with Gasteiger partial charge in [-0.1, -0.05) is 129 Å². The summed E-state index contributed by atoms with van der Waals surface area (Å²) in [5, 5.41) is 9.04. The average Bonchev–Trinajstić information content (AvgIpc) is 3.84. The second-order valence-electron chi connectivity index (χ2n) is 15.6. The van der Waals surface area contributed by atoms with E-state index >= 15 is 0 Å². The van der Waals surface area contributed by atoms with E-state index in [4.69, 9.17) is 0 Å². The highest BCUT2D eigenvalue weighted by atomic mass is 32.1. The largest absolute Gasteiger partial charge is 0.355 e. The molecule has 2 aromatic heterocycles. The molecule has 0 spiro atoms. The minimum Gasteiger partial charge on any atom is -0.355 e. The van der Waals surface area contributed by atoms with Crippen molar-refractivity contribution in [2.75, 3.05) is 5.32 Å². The average molecular weight is 718 g/mol. The zero-order valence-corrected chi connectivity index (χ0v) is 31.3. The lowest BCUT2D eigenvalue weighted by Crippen LogP contribution is -2.37. The van der Waals surface area contributed by atoms with Crippen molar-refractivity contribution in [3.8, 4) is 39.1 Å². The van der Waals surface area contributed by atoms with E-state index in [2.05, 4.69) is 195 Å². The quantitative estimate of drug-likeness (QED) is 0.179. The van der Waals surface area contributed by atoms with Gasteiger partial charge in [0.05, 0.1) is 5.52 Å². The standard InChI is InChI=1S/C51H34BN2S/c1-51(2)40-19-9-6-16-32(40)36-26-30(24-25-41(36)51)35-27-39(49-50-48(35)34-18-7-11-21-44(34)54(50)45-22-12-10-20-42(45)52-49)37-29-47-38(33-17-8-13-23-46(33)55-47)28-43(37)53-31-14-4-3-5-15-31/h3-29,53H,1-2H3. The lowest BCUT2D eigenvalue weighted by atomic mass is 9.58. The van der Waals surface area contributed by atoms with Crippen molar-refractivity contribution < 1.29 is 0 Å². The fourth-order valence-corrected chi connectivity index (χ4v) is 10.8. The first kappa shape index (κ1) is 31.0. The highest BCUT2D eigenvalue weighted by Gasteiger charge is 2.36. The third-order valence-corrected chi connectivity index (χ3v) is 13.3. The molecule has 0 amide bonds. The van der Waals surface area contributed by atoms with Crippen molar-refractivity contribution in [1.82, 2.24) is 4.57 Å². The van der Waals surface area contributed by atoms with E-state index in [0.717, 1.165) is 11.4 Å². The van der Waals surface area contributed by atoms with E-state index in [1.54, 1.807) is 0 Å². The van der Waals surface area contributed by atoms with Crippen molar-refractivity contribution in [3.63, 3.8) is 0 Å². The van der Waals surface area contributed by atoms with Gasteiger partial charge in [0.2, 0.25) is 0 Å². The van der Waals surface area contributed by atoms with E-state index < -0.39 is 0 Å². The van der Waals surface area contributed by atoms with Crippen LogP contribution in [0.25, 0.3) is 81.0 Å². The van der Waals surface area contributed by atoms with Crippen LogP contribution in [0.15, 0.2) is 164 Å². The molecular weight excluding hydrogens is 683 g/mol. The summed E-state index contributed by atoms with van der Waals surface area (Å²) in [7, 11) is 2.43. The van der Waals surface area contributed by atoms with Crippen LogP contribution in [0.4, 0.5) is 11.4 Å². The molecule has 257 valence electrons. The Morgan fingerprint density at radius 2 is 1.29 bits per heavy atom. The Hall–Kier alpha value is -6.36. The monoisotopic (exact) mass is 717 g/mol. The number of hydrogen-bond donors (Lipinski definition) is 1. The summed E-state index contributed by atoms with van der Waals surface area (Å²) in [6.45, 7) is 4.72. The molecule has 0 unspecified atom stereocenters. The second kappa shape index (κ2) is 11.3. The maximum atomic E-state index is 3.89. The summed E-state index contributed by atoms with van der Waals surface area (Å²) in [5.41, 5.74) is 18.7. The van der Waals surface area contributed by atoms with Gasteiger partial charge in [-0.2, -0.15) is 0 Å². The fourth-order valence-electron chi connectivity index (χ4n) is 9.67. The zero-order chi connectivity index (χ0) is 36.4. The smallest absolute Gasteiger partial charge is 0.197 e. The lowest BCUT2D eigenvalue weighted by molar-refractivity contribution is 0.660. The molecule has 12 rings (SSSR count). The predicted octanol–water partition coefficient (Wildman–Crippen LogP) is 12.5. The summed E-state index contributed by atoms with van der Waals surface area (Å²) in [6, 6.07) is 60.7. The Morgan fingerprint density at radius 1 is 0.545 bits per heavy atom. The summed E-state index contributed by atoms with van der Waals surface area (Å²) in [5.74, 6) is 0. The molecule has 0 bridgehead atoms. The van der Waals surface area contributed by atoms with Crippen LogP contribution in [-0.2, 0) is 5.41 Å². The summed E-state index contributed by atoms with van der Waals surface area (Å²) in [4.78, 5) is 0. The van der Waals surface area contributed by atoms with Crippen molar-refractivity contribution in [1.29, 1.82) is 0 Å². The van der Waals surface area contributed by atoms with E-state index in [0.29, 0.717) is 0 Å². The van der Waals surface area contributed by atoms with E-state index in [1.165, 1.54) is 103 Å². The van der Waals surface area contributed by atoms with Gasteiger partial charge in [0.1, 0.15) is 0 Å². The highest BCUT2D eigenvalue weighted by molar-refractivity contribution is 7.25. The number of hydrogen-bond acceptors (Lipinski definition) is 2. The van der Waals surface area contributed by atoms with E-state index in [1.807, 2.05) is 11.3 Å². The van der Waals surface area contributed by atoms with Crippen LogP contribution in [0.5, 0.6) is 0 Å². The molecule has 10 aromatic rings. The Balaban J connectivity index is 1.22. The third-order valence-electron chi connectivity index (χ3n) is 12.2. The molecule has 0 saturated heterocycles. The van der Waals surface area contributed by atoms with Gasteiger partial charge in [0.15, 0.2) is 7.28 Å². The van der Waals surface area contributed by atoms with Gasteiger partial charge in [-0.05, 0) is 99.0 Å². The van der Waals surface area contributed by atoms with Gasteiger partial charge in [0, 0.05) is 64.5 Å². The summed E-state index contributed by atoms with van der Waals surface area (Å²) in [6.07, 6.45) is 0. The lowest BCUT2D eigenvalue weighted by Gasteiger charge is -2.25. The molecule has 2 aliphatic rings. The van der Waals surface area contributed by atoms with Crippen LogP contribution in [0.3, 0.4) is 0 Å². The molecule has 1 aliphatic heterocycles. The van der Waals surface area contributed by atoms with E-state index in [9.17, 15) is 0 Å². The van der Waals surface area contributed by atoms with Crippen molar-refractivity contribution >= 4 is 82.9 Å².